The van der Waals surface area contributed by atoms with Gasteiger partial charge in [-0.25, -0.2) is 0 Å². The van der Waals surface area contributed by atoms with Gasteiger partial charge in [0.05, 0.1) is 0 Å². The molecule has 1 atom stereocenters. The zero-order valence-electron chi connectivity index (χ0n) is 14.2. The molecule has 3 heteroatoms. The molecule has 0 rings (SSSR count). The molecule has 0 bridgehead atoms. The Bertz CT molecular complexity index is 231. The maximum atomic E-state index is 11.7. The van der Waals surface area contributed by atoms with Crippen LogP contribution in [-0.2, 0) is 9.53 Å². The number of carbonyl (C=O) groups is 1. The predicted octanol–water partition coefficient (Wildman–Crippen LogP) is 6.25. The molecular weight excluding hydrogens is 284 g/mol. The van der Waals surface area contributed by atoms with Crippen LogP contribution < -0.4 is 0 Å². The molecule has 126 valence electrons. The molecule has 0 N–H and O–H groups in total. The maximum Gasteiger partial charge on any atom is 0.306 e. The van der Waals surface area contributed by atoms with E-state index in [2.05, 4.69) is 13.8 Å². The second-order valence-electron chi connectivity index (χ2n) is 5.93. The average Bonchev–Trinajstić information content (AvgIpc) is 2.49. The third-order valence-electron chi connectivity index (χ3n) is 3.90. The molecular formula is C18H35ClO2. The smallest absolute Gasteiger partial charge is 0.306 e. The monoisotopic (exact) mass is 318 g/mol. The van der Waals surface area contributed by atoms with Crippen LogP contribution in [0.5, 0.6) is 0 Å². The Morgan fingerprint density at radius 2 is 1.52 bits per heavy atom. The van der Waals surface area contributed by atoms with E-state index in [1.165, 1.54) is 51.4 Å². The van der Waals surface area contributed by atoms with Crippen LogP contribution in [0.15, 0.2) is 0 Å². The van der Waals surface area contributed by atoms with E-state index in [4.69, 9.17) is 16.3 Å². The number of alkyl halides is 1. The van der Waals surface area contributed by atoms with Gasteiger partial charge in [0.15, 0.2) is 0 Å². The van der Waals surface area contributed by atoms with Crippen molar-refractivity contribution in [3.05, 3.63) is 0 Å². The molecule has 0 aliphatic heterocycles. The van der Waals surface area contributed by atoms with E-state index >= 15 is 0 Å². The second-order valence-corrected chi connectivity index (χ2v) is 6.31. The van der Waals surface area contributed by atoms with Gasteiger partial charge in [0.2, 0.25) is 0 Å². The number of hydrogen-bond acceptors (Lipinski definition) is 2. The first kappa shape index (κ1) is 20.8. The van der Waals surface area contributed by atoms with Crippen LogP contribution in [0, 0.1) is 0 Å². The summed E-state index contributed by atoms with van der Waals surface area (Å²) in [6.07, 6.45) is 14.9. The first-order chi connectivity index (χ1) is 10.2. The Morgan fingerprint density at radius 3 is 2.10 bits per heavy atom. The lowest BCUT2D eigenvalue weighted by atomic mass is 10.0. The minimum absolute atomic E-state index is 0.0495. The van der Waals surface area contributed by atoms with Gasteiger partial charge in [-0.05, 0) is 32.1 Å². The van der Waals surface area contributed by atoms with Crippen molar-refractivity contribution >= 4 is 17.6 Å². The van der Waals surface area contributed by atoms with Gasteiger partial charge in [0, 0.05) is 12.3 Å². The molecule has 0 aliphatic carbocycles. The minimum atomic E-state index is -0.0495. The van der Waals surface area contributed by atoms with Gasteiger partial charge in [-0.1, -0.05) is 58.8 Å². The lowest BCUT2D eigenvalue weighted by Crippen LogP contribution is -2.17. The molecule has 0 aromatic rings. The van der Waals surface area contributed by atoms with Crippen LogP contribution in [0.2, 0.25) is 0 Å². The fourth-order valence-electron chi connectivity index (χ4n) is 2.46. The lowest BCUT2D eigenvalue weighted by Gasteiger charge is -2.16. The molecule has 0 heterocycles. The van der Waals surface area contributed by atoms with Gasteiger partial charge in [-0.2, -0.15) is 0 Å². The summed E-state index contributed by atoms with van der Waals surface area (Å²) in [5.41, 5.74) is 0. The Morgan fingerprint density at radius 1 is 0.905 bits per heavy atom. The van der Waals surface area contributed by atoms with Crippen molar-refractivity contribution in [3.8, 4) is 0 Å². The van der Waals surface area contributed by atoms with Crippen LogP contribution in [0.4, 0.5) is 0 Å². The summed E-state index contributed by atoms with van der Waals surface area (Å²) < 4.78 is 5.52. The van der Waals surface area contributed by atoms with Gasteiger partial charge in [0.25, 0.3) is 0 Å². The van der Waals surface area contributed by atoms with Gasteiger partial charge in [-0.3, -0.25) is 4.79 Å². The molecule has 1 unspecified atom stereocenters. The third-order valence-corrected chi connectivity index (χ3v) is 4.16. The predicted molar refractivity (Wildman–Crippen MR) is 92.0 cm³/mol. The third kappa shape index (κ3) is 14.5. The van der Waals surface area contributed by atoms with Crippen molar-refractivity contribution in [2.75, 3.05) is 5.88 Å². The summed E-state index contributed by atoms with van der Waals surface area (Å²) in [6, 6.07) is 0. The Labute approximate surface area is 137 Å². The van der Waals surface area contributed by atoms with Crippen molar-refractivity contribution in [1.29, 1.82) is 0 Å². The van der Waals surface area contributed by atoms with E-state index in [9.17, 15) is 4.79 Å². The number of unbranched alkanes of at least 4 members (excludes halogenated alkanes) is 8. The highest BCUT2D eigenvalue weighted by molar-refractivity contribution is 6.17. The zero-order chi connectivity index (χ0) is 15.8. The van der Waals surface area contributed by atoms with Crippen LogP contribution in [0.1, 0.15) is 97.3 Å². The van der Waals surface area contributed by atoms with Crippen molar-refractivity contribution in [2.24, 2.45) is 0 Å². The summed E-state index contributed by atoms with van der Waals surface area (Å²) in [7, 11) is 0. The topological polar surface area (TPSA) is 26.3 Å². The van der Waals surface area contributed by atoms with Gasteiger partial charge in [0.1, 0.15) is 6.10 Å². The second kappa shape index (κ2) is 16.1. The average molecular weight is 319 g/mol. The number of halogens is 1. The lowest BCUT2D eigenvalue weighted by molar-refractivity contribution is -0.149. The summed E-state index contributed by atoms with van der Waals surface area (Å²) in [5.74, 6) is 0.578. The molecule has 0 radical (unpaired) electrons. The van der Waals surface area contributed by atoms with E-state index in [0.717, 1.165) is 25.7 Å². The number of esters is 1. The fraction of sp³-hybridized carbons (Fsp3) is 0.944. The molecule has 21 heavy (non-hydrogen) atoms. The van der Waals surface area contributed by atoms with Gasteiger partial charge in [-0.15, -0.1) is 11.6 Å². The molecule has 0 aliphatic rings. The molecule has 2 nitrogen and oxygen atoms in total. The fourth-order valence-corrected chi connectivity index (χ4v) is 2.65. The van der Waals surface area contributed by atoms with Crippen molar-refractivity contribution in [1.82, 2.24) is 0 Å². The van der Waals surface area contributed by atoms with Crippen LogP contribution in [0.3, 0.4) is 0 Å². The largest absolute Gasteiger partial charge is 0.462 e. The highest BCUT2D eigenvalue weighted by Gasteiger charge is 2.11. The normalized spacial score (nSPS) is 12.3. The number of rotatable bonds is 15. The number of hydrogen-bond donors (Lipinski definition) is 0. The summed E-state index contributed by atoms with van der Waals surface area (Å²) >= 11 is 5.60. The molecule has 0 fully saturated rings. The first-order valence-corrected chi connectivity index (χ1v) is 9.53. The standard InChI is InChI=1S/C18H35ClO2/c1-3-5-6-7-8-9-10-11-14-17(4-2)21-18(20)15-12-13-16-19/h17H,3-16H2,1-2H3. The molecule has 0 spiro atoms. The van der Waals surface area contributed by atoms with E-state index < -0.39 is 0 Å². The van der Waals surface area contributed by atoms with E-state index in [0.29, 0.717) is 12.3 Å². The summed E-state index contributed by atoms with van der Waals surface area (Å²) in [4.78, 5) is 11.7. The van der Waals surface area contributed by atoms with E-state index in [1.807, 2.05) is 0 Å². The van der Waals surface area contributed by atoms with Crippen LogP contribution >= 0.6 is 11.6 Å². The minimum Gasteiger partial charge on any atom is -0.462 e. The van der Waals surface area contributed by atoms with Crippen LogP contribution in [-0.4, -0.2) is 18.0 Å². The molecule has 0 aromatic heterocycles. The van der Waals surface area contributed by atoms with Gasteiger partial charge < -0.3 is 4.74 Å². The maximum absolute atomic E-state index is 11.7. The quantitative estimate of drug-likeness (QED) is 0.203. The Kier molecular flexibility index (Phi) is 16.0. The zero-order valence-corrected chi connectivity index (χ0v) is 14.9. The van der Waals surface area contributed by atoms with Gasteiger partial charge >= 0.3 is 5.97 Å². The molecule has 0 amide bonds. The summed E-state index contributed by atoms with van der Waals surface area (Å²) in [6.45, 7) is 4.35. The van der Waals surface area contributed by atoms with Crippen molar-refractivity contribution < 1.29 is 9.53 Å². The van der Waals surface area contributed by atoms with Crippen LogP contribution in [0.25, 0.3) is 0 Å². The SMILES string of the molecule is CCCCCCCCCCC(CC)OC(=O)CCCCCl. The highest BCUT2D eigenvalue weighted by Crippen LogP contribution is 2.14. The Balaban J connectivity index is 3.50. The van der Waals surface area contributed by atoms with E-state index in [-0.39, 0.29) is 12.1 Å². The highest BCUT2D eigenvalue weighted by atomic mass is 35.5. The number of ether oxygens (including phenoxy) is 1. The van der Waals surface area contributed by atoms with Crippen molar-refractivity contribution in [2.45, 2.75) is 103 Å². The van der Waals surface area contributed by atoms with E-state index in [1.54, 1.807) is 0 Å². The number of carbonyl (C=O) groups excluding carboxylic acids is 1. The molecule has 0 aromatic carbocycles. The first-order valence-electron chi connectivity index (χ1n) is 9.00. The molecule has 0 saturated carbocycles. The Hall–Kier alpha value is -0.240. The molecule has 0 saturated heterocycles. The van der Waals surface area contributed by atoms with Crippen molar-refractivity contribution in [3.63, 3.8) is 0 Å². The summed E-state index contributed by atoms with van der Waals surface area (Å²) in [5, 5.41) is 0.